The molecule has 0 radical (unpaired) electrons. The van der Waals surface area contributed by atoms with Crippen LogP contribution in [0.2, 0.25) is 0 Å². The van der Waals surface area contributed by atoms with Crippen molar-refractivity contribution in [1.82, 2.24) is 4.31 Å². The van der Waals surface area contributed by atoms with Gasteiger partial charge in [0, 0.05) is 12.6 Å². The van der Waals surface area contributed by atoms with Crippen molar-refractivity contribution in [1.29, 1.82) is 0 Å². The average Bonchev–Trinajstić information content (AvgIpc) is 2.01. The number of sulfone groups is 1. The molecule has 1 aliphatic rings. The van der Waals surface area contributed by atoms with Crippen molar-refractivity contribution in [2.75, 3.05) is 23.8 Å². The van der Waals surface area contributed by atoms with E-state index in [1.807, 2.05) is 0 Å². The topological polar surface area (TPSA) is 71.5 Å². The Balaban J connectivity index is 2.88. The minimum absolute atomic E-state index is 0.0252. The maximum absolute atomic E-state index is 11.5. The standard InChI is InChI=1S/C7H15NO4S2/c1-3-14(11,12)8-4-5-13(9,10)6-7(8)2/h7H,3-6H2,1-2H3. The Hall–Kier alpha value is -0.140. The van der Waals surface area contributed by atoms with E-state index in [1.165, 1.54) is 4.31 Å². The smallest absolute Gasteiger partial charge is 0.214 e. The maximum Gasteiger partial charge on any atom is 0.214 e. The summed E-state index contributed by atoms with van der Waals surface area (Å²) in [6, 6.07) is -0.432. The lowest BCUT2D eigenvalue weighted by Gasteiger charge is -2.31. The lowest BCUT2D eigenvalue weighted by atomic mass is 10.4. The second-order valence-electron chi connectivity index (χ2n) is 3.47. The lowest BCUT2D eigenvalue weighted by Crippen LogP contribution is -2.50. The first-order chi connectivity index (χ1) is 6.28. The molecule has 1 saturated heterocycles. The van der Waals surface area contributed by atoms with Gasteiger partial charge in [0.25, 0.3) is 0 Å². The Morgan fingerprint density at radius 3 is 2.43 bits per heavy atom. The molecule has 0 aromatic rings. The summed E-state index contributed by atoms with van der Waals surface area (Å²) in [4.78, 5) is 0. The van der Waals surface area contributed by atoms with E-state index >= 15 is 0 Å². The summed E-state index contributed by atoms with van der Waals surface area (Å²) >= 11 is 0. The van der Waals surface area contributed by atoms with Gasteiger partial charge >= 0.3 is 0 Å². The van der Waals surface area contributed by atoms with E-state index in [0.717, 1.165) is 0 Å². The molecule has 1 unspecified atom stereocenters. The number of hydrogen-bond acceptors (Lipinski definition) is 4. The number of nitrogens with zero attached hydrogens (tertiary/aromatic N) is 1. The highest BCUT2D eigenvalue weighted by molar-refractivity contribution is 7.92. The van der Waals surface area contributed by atoms with Crippen molar-refractivity contribution in [2.24, 2.45) is 0 Å². The third-order valence-electron chi connectivity index (χ3n) is 2.33. The molecule has 0 bridgehead atoms. The van der Waals surface area contributed by atoms with Crippen molar-refractivity contribution < 1.29 is 16.8 Å². The molecule has 1 fully saturated rings. The molecule has 0 spiro atoms. The summed E-state index contributed by atoms with van der Waals surface area (Å²) in [6.45, 7) is 3.29. The van der Waals surface area contributed by atoms with Gasteiger partial charge in [-0.05, 0) is 13.8 Å². The van der Waals surface area contributed by atoms with Crippen LogP contribution < -0.4 is 0 Å². The zero-order valence-electron chi connectivity index (χ0n) is 8.30. The highest BCUT2D eigenvalue weighted by Gasteiger charge is 2.34. The van der Waals surface area contributed by atoms with E-state index in [0.29, 0.717) is 0 Å². The first-order valence-electron chi connectivity index (χ1n) is 4.48. The summed E-state index contributed by atoms with van der Waals surface area (Å²) in [7, 11) is -6.29. The van der Waals surface area contributed by atoms with Gasteiger partial charge in [-0.25, -0.2) is 16.8 Å². The third kappa shape index (κ3) is 2.46. The predicted octanol–water partition coefficient (Wildman–Crippen LogP) is -0.545. The Morgan fingerprint density at radius 1 is 1.43 bits per heavy atom. The van der Waals surface area contributed by atoms with Crippen LogP contribution in [0.15, 0.2) is 0 Å². The monoisotopic (exact) mass is 241 g/mol. The van der Waals surface area contributed by atoms with E-state index in [-0.39, 0.29) is 23.8 Å². The average molecular weight is 241 g/mol. The molecule has 1 rings (SSSR count). The number of rotatable bonds is 2. The molecular weight excluding hydrogens is 226 g/mol. The van der Waals surface area contributed by atoms with Crippen molar-refractivity contribution in [3.05, 3.63) is 0 Å². The molecule has 0 aromatic heterocycles. The minimum Gasteiger partial charge on any atom is -0.229 e. The Kier molecular flexibility index (Phi) is 3.23. The molecule has 5 nitrogen and oxygen atoms in total. The van der Waals surface area contributed by atoms with Crippen LogP contribution in [0.25, 0.3) is 0 Å². The molecule has 1 aliphatic heterocycles. The van der Waals surface area contributed by atoms with E-state index in [4.69, 9.17) is 0 Å². The van der Waals surface area contributed by atoms with Gasteiger partial charge in [0.15, 0.2) is 9.84 Å². The van der Waals surface area contributed by atoms with Crippen molar-refractivity contribution >= 4 is 19.9 Å². The Bertz CT molecular complexity index is 397. The van der Waals surface area contributed by atoms with E-state index < -0.39 is 25.9 Å². The van der Waals surface area contributed by atoms with Gasteiger partial charge in [-0.2, -0.15) is 4.31 Å². The fourth-order valence-corrected chi connectivity index (χ4v) is 4.65. The normalized spacial score (nSPS) is 28.9. The van der Waals surface area contributed by atoms with Crippen LogP contribution in [0.1, 0.15) is 13.8 Å². The third-order valence-corrected chi connectivity index (χ3v) is 6.11. The highest BCUT2D eigenvalue weighted by Crippen LogP contribution is 2.15. The molecule has 1 heterocycles. The molecule has 84 valence electrons. The van der Waals surface area contributed by atoms with Crippen LogP contribution in [0.3, 0.4) is 0 Å². The summed E-state index contributed by atoms with van der Waals surface area (Å²) < 4.78 is 46.7. The summed E-state index contributed by atoms with van der Waals surface area (Å²) in [6.07, 6.45) is 0. The fraction of sp³-hybridized carbons (Fsp3) is 1.00. The van der Waals surface area contributed by atoms with Gasteiger partial charge in [0.05, 0.1) is 17.3 Å². The summed E-state index contributed by atoms with van der Waals surface area (Å²) in [5.74, 6) is -0.0970. The maximum atomic E-state index is 11.5. The molecule has 0 aliphatic carbocycles. The SMILES string of the molecule is CCS(=O)(=O)N1CCS(=O)(=O)CC1C. The molecule has 0 aromatic carbocycles. The lowest BCUT2D eigenvalue weighted by molar-refractivity contribution is 0.357. The molecule has 7 heteroatoms. The fourth-order valence-electron chi connectivity index (χ4n) is 1.56. The van der Waals surface area contributed by atoms with Gasteiger partial charge in [-0.1, -0.05) is 0 Å². The molecular formula is C7H15NO4S2. The van der Waals surface area contributed by atoms with Crippen LogP contribution >= 0.6 is 0 Å². The first-order valence-corrected chi connectivity index (χ1v) is 7.91. The predicted molar refractivity (Wildman–Crippen MR) is 54.3 cm³/mol. The van der Waals surface area contributed by atoms with E-state index in [1.54, 1.807) is 13.8 Å². The first kappa shape index (κ1) is 11.9. The van der Waals surface area contributed by atoms with Gasteiger partial charge in [0.2, 0.25) is 10.0 Å². The van der Waals surface area contributed by atoms with Crippen molar-refractivity contribution in [3.63, 3.8) is 0 Å². The molecule has 14 heavy (non-hydrogen) atoms. The van der Waals surface area contributed by atoms with Crippen LogP contribution in [0.5, 0.6) is 0 Å². The van der Waals surface area contributed by atoms with E-state index in [2.05, 4.69) is 0 Å². The number of hydrogen-bond donors (Lipinski definition) is 0. The highest BCUT2D eigenvalue weighted by atomic mass is 32.2. The zero-order chi connectivity index (χ0) is 11.0. The quantitative estimate of drug-likeness (QED) is 0.650. The van der Waals surface area contributed by atoms with Crippen LogP contribution in [-0.2, 0) is 19.9 Å². The molecule has 0 saturated carbocycles. The zero-order valence-corrected chi connectivity index (χ0v) is 9.94. The minimum atomic E-state index is -3.25. The molecule has 1 atom stereocenters. The van der Waals surface area contributed by atoms with Gasteiger partial charge < -0.3 is 0 Å². The summed E-state index contributed by atoms with van der Waals surface area (Å²) in [5.41, 5.74) is 0. The van der Waals surface area contributed by atoms with Gasteiger partial charge in [-0.15, -0.1) is 0 Å². The van der Waals surface area contributed by atoms with Crippen LogP contribution in [0, 0.1) is 0 Å². The Morgan fingerprint density at radius 2 is 2.00 bits per heavy atom. The Labute approximate surface area is 85.1 Å². The second kappa shape index (κ2) is 3.79. The molecule has 0 amide bonds. The van der Waals surface area contributed by atoms with Gasteiger partial charge in [0.1, 0.15) is 0 Å². The van der Waals surface area contributed by atoms with Crippen molar-refractivity contribution in [3.8, 4) is 0 Å². The van der Waals surface area contributed by atoms with E-state index in [9.17, 15) is 16.8 Å². The van der Waals surface area contributed by atoms with Gasteiger partial charge in [-0.3, -0.25) is 0 Å². The summed E-state index contributed by atoms with van der Waals surface area (Å²) in [5, 5.41) is 0. The second-order valence-corrected chi connectivity index (χ2v) is 7.91. The van der Waals surface area contributed by atoms with Crippen molar-refractivity contribution in [2.45, 2.75) is 19.9 Å². The van der Waals surface area contributed by atoms with Crippen LogP contribution in [-0.4, -0.2) is 51.0 Å². The van der Waals surface area contributed by atoms with Crippen LogP contribution in [0.4, 0.5) is 0 Å². The number of sulfonamides is 1. The molecule has 0 N–H and O–H groups in total. The largest absolute Gasteiger partial charge is 0.229 e.